The third-order valence-corrected chi connectivity index (χ3v) is 7.10. The first-order valence-corrected chi connectivity index (χ1v) is 10.8. The summed E-state index contributed by atoms with van der Waals surface area (Å²) >= 11 is 0. The third kappa shape index (κ3) is 5.05. The molecule has 1 aliphatic rings. The number of nitrogens with zero attached hydrogens (tertiary/aromatic N) is 1. The van der Waals surface area contributed by atoms with E-state index in [1.54, 1.807) is 4.31 Å². The van der Waals surface area contributed by atoms with Gasteiger partial charge in [0.25, 0.3) is 0 Å². The first kappa shape index (κ1) is 19.9. The maximum absolute atomic E-state index is 12.7. The van der Waals surface area contributed by atoms with E-state index in [-0.39, 0.29) is 11.7 Å². The molecule has 2 rings (SSSR count). The number of amides is 1. The molecule has 0 saturated carbocycles. The average Bonchev–Trinajstić information content (AvgIpc) is 2.61. The van der Waals surface area contributed by atoms with Crippen LogP contribution in [0.1, 0.15) is 52.0 Å². The van der Waals surface area contributed by atoms with Crippen molar-refractivity contribution in [1.82, 2.24) is 4.31 Å². The zero-order valence-corrected chi connectivity index (χ0v) is 16.4. The number of hydrogen-bond acceptors (Lipinski definition) is 3. The lowest BCUT2D eigenvalue weighted by Gasteiger charge is -2.37. The Morgan fingerprint density at radius 2 is 1.76 bits per heavy atom. The summed E-state index contributed by atoms with van der Waals surface area (Å²) in [6.45, 7) is 6.85. The van der Waals surface area contributed by atoms with Gasteiger partial charge in [0.05, 0.1) is 5.75 Å². The second kappa shape index (κ2) is 8.32. The molecule has 6 heteroatoms. The van der Waals surface area contributed by atoms with Crippen LogP contribution < -0.4 is 5.32 Å². The summed E-state index contributed by atoms with van der Waals surface area (Å²) in [5.74, 6) is 0.179. The number of carbonyl (C=O) groups excluding carboxylic acids is 1. The summed E-state index contributed by atoms with van der Waals surface area (Å²) in [6.07, 6.45) is 3.62. The van der Waals surface area contributed by atoms with Gasteiger partial charge in [-0.05, 0) is 43.4 Å². The number of sulfonamides is 1. The number of nitrogens with one attached hydrogen (secondary N) is 1. The van der Waals surface area contributed by atoms with Crippen LogP contribution in [-0.4, -0.2) is 37.5 Å². The van der Waals surface area contributed by atoms with Crippen LogP contribution in [0.25, 0.3) is 0 Å². The van der Waals surface area contributed by atoms with Crippen molar-refractivity contribution < 1.29 is 13.2 Å². The van der Waals surface area contributed by atoms with Gasteiger partial charge in [0.2, 0.25) is 15.9 Å². The average molecular weight is 367 g/mol. The lowest BCUT2D eigenvalue weighted by molar-refractivity contribution is -0.126. The van der Waals surface area contributed by atoms with Crippen LogP contribution in [-0.2, 0) is 21.2 Å². The third-order valence-electron chi connectivity index (χ3n) is 5.14. The molecular weight excluding hydrogens is 336 g/mol. The van der Waals surface area contributed by atoms with E-state index in [0.717, 1.165) is 18.5 Å². The van der Waals surface area contributed by atoms with Crippen molar-refractivity contribution in [3.63, 3.8) is 0 Å². The van der Waals surface area contributed by atoms with Gasteiger partial charge in [-0.15, -0.1) is 0 Å². The summed E-state index contributed by atoms with van der Waals surface area (Å²) in [4.78, 5) is 12.7. The maximum atomic E-state index is 12.7. The highest BCUT2D eigenvalue weighted by Crippen LogP contribution is 2.33. The molecule has 25 heavy (non-hydrogen) atoms. The molecule has 0 radical (unpaired) electrons. The Kier molecular flexibility index (Phi) is 6.63. The van der Waals surface area contributed by atoms with E-state index in [1.807, 2.05) is 38.1 Å². The number of piperidine rings is 1. The molecule has 5 nitrogen and oxygen atoms in total. The number of aryl methyl sites for hydroxylation is 1. The van der Waals surface area contributed by atoms with Crippen LogP contribution in [0.2, 0.25) is 0 Å². The monoisotopic (exact) mass is 366 g/mol. The van der Waals surface area contributed by atoms with E-state index < -0.39 is 15.4 Å². The Labute approximate surface area is 151 Å². The van der Waals surface area contributed by atoms with E-state index in [9.17, 15) is 13.2 Å². The number of unbranched alkanes of at least 4 members (excludes halogenated alkanes) is 1. The minimum atomic E-state index is -3.19. The van der Waals surface area contributed by atoms with E-state index in [2.05, 4.69) is 12.2 Å². The fourth-order valence-electron chi connectivity index (χ4n) is 3.05. The number of rotatable bonds is 7. The first-order valence-electron chi connectivity index (χ1n) is 9.19. The van der Waals surface area contributed by atoms with Gasteiger partial charge in [-0.3, -0.25) is 4.79 Å². The topological polar surface area (TPSA) is 66.5 Å². The van der Waals surface area contributed by atoms with Crippen molar-refractivity contribution in [2.24, 2.45) is 5.41 Å². The van der Waals surface area contributed by atoms with Gasteiger partial charge in [-0.1, -0.05) is 39.3 Å². The van der Waals surface area contributed by atoms with Gasteiger partial charge in [-0.25, -0.2) is 12.7 Å². The van der Waals surface area contributed by atoms with Gasteiger partial charge in [0.15, 0.2) is 0 Å². The molecule has 0 spiro atoms. The molecule has 1 aromatic carbocycles. The minimum Gasteiger partial charge on any atom is -0.326 e. The zero-order valence-electron chi connectivity index (χ0n) is 15.5. The zero-order chi connectivity index (χ0) is 18.5. The molecule has 0 unspecified atom stereocenters. The van der Waals surface area contributed by atoms with Gasteiger partial charge >= 0.3 is 0 Å². The fourth-order valence-corrected chi connectivity index (χ4v) is 4.70. The summed E-state index contributed by atoms with van der Waals surface area (Å²) in [5.41, 5.74) is 1.50. The molecule has 1 heterocycles. The molecule has 1 saturated heterocycles. The SMILES string of the molecule is CCCCS(=O)(=O)N1CCC(C)(C(=O)Nc2ccc(CC)cc2)CC1. The molecule has 1 N–H and O–H groups in total. The molecule has 1 aliphatic heterocycles. The number of carbonyl (C=O) groups is 1. The van der Waals surface area contributed by atoms with E-state index in [1.165, 1.54) is 5.56 Å². The van der Waals surface area contributed by atoms with Gasteiger partial charge in [0, 0.05) is 24.2 Å². The molecule has 1 fully saturated rings. The molecule has 1 aromatic rings. The highest BCUT2D eigenvalue weighted by molar-refractivity contribution is 7.89. The van der Waals surface area contributed by atoms with Crippen molar-refractivity contribution in [3.05, 3.63) is 29.8 Å². The quantitative estimate of drug-likeness (QED) is 0.804. The van der Waals surface area contributed by atoms with Crippen LogP contribution in [0.5, 0.6) is 0 Å². The van der Waals surface area contributed by atoms with Crippen molar-refractivity contribution >= 4 is 21.6 Å². The maximum Gasteiger partial charge on any atom is 0.230 e. The fraction of sp³-hybridized carbons (Fsp3) is 0.632. The summed E-state index contributed by atoms with van der Waals surface area (Å²) in [7, 11) is -3.19. The Hall–Kier alpha value is -1.40. The molecular formula is C19H30N2O3S. The van der Waals surface area contributed by atoms with Crippen LogP contribution in [0.3, 0.4) is 0 Å². The molecule has 0 bridgehead atoms. The smallest absolute Gasteiger partial charge is 0.230 e. The predicted octanol–water partition coefficient (Wildman–Crippen LogP) is 3.42. The molecule has 0 aliphatic carbocycles. The second-order valence-corrected chi connectivity index (χ2v) is 9.22. The lowest BCUT2D eigenvalue weighted by atomic mass is 9.80. The Morgan fingerprint density at radius 3 is 2.28 bits per heavy atom. The molecule has 0 aromatic heterocycles. The van der Waals surface area contributed by atoms with Crippen LogP contribution in [0.15, 0.2) is 24.3 Å². The molecule has 0 atom stereocenters. The van der Waals surface area contributed by atoms with Gasteiger partial charge in [0.1, 0.15) is 0 Å². The summed E-state index contributed by atoms with van der Waals surface area (Å²) in [5, 5.41) is 2.98. The molecule has 1 amide bonds. The van der Waals surface area contributed by atoms with E-state index >= 15 is 0 Å². The second-order valence-electron chi connectivity index (χ2n) is 7.13. The number of hydrogen-bond donors (Lipinski definition) is 1. The van der Waals surface area contributed by atoms with Crippen molar-refractivity contribution in [2.45, 2.75) is 52.9 Å². The van der Waals surface area contributed by atoms with Crippen LogP contribution >= 0.6 is 0 Å². The Bertz CT molecular complexity index is 675. The first-order chi connectivity index (χ1) is 11.8. The Balaban J connectivity index is 1.95. The van der Waals surface area contributed by atoms with Gasteiger partial charge < -0.3 is 5.32 Å². The predicted molar refractivity (Wildman–Crippen MR) is 102 cm³/mol. The minimum absolute atomic E-state index is 0.0256. The van der Waals surface area contributed by atoms with E-state index in [4.69, 9.17) is 0 Å². The van der Waals surface area contributed by atoms with Crippen molar-refractivity contribution in [3.8, 4) is 0 Å². The van der Waals surface area contributed by atoms with Crippen LogP contribution in [0, 0.1) is 5.41 Å². The number of benzene rings is 1. The highest BCUT2D eigenvalue weighted by atomic mass is 32.2. The molecule has 140 valence electrons. The van der Waals surface area contributed by atoms with Crippen molar-refractivity contribution in [1.29, 1.82) is 0 Å². The largest absolute Gasteiger partial charge is 0.326 e. The van der Waals surface area contributed by atoms with Gasteiger partial charge in [-0.2, -0.15) is 0 Å². The standard InChI is InChI=1S/C19H30N2O3S/c1-4-6-15-25(23,24)21-13-11-19(3,12-14-21)18(22)20-17-9-7-16(5-2)8-10-17/h7-10H,4-6,11-15H2,1-3H3,(H,20,22). The highest BCUT2D eigenvalue weighted by Gasteiger charge is 2.39. The van der Waals surface area contributed by atoms with E-state index in [0.29, 0.717) is 32.4 Å². The Morgan fingerprint density at radius 1 is 1.16 bits per heavy atom. The lowest BCUT2D eigenvalue weighted by Crippen LogP contribution is -2.47. The summed E-state index contributed by atoms with van der Waals surface area (Å²) < 4.78 is 26.2. The van der Waals surface area contributed by atoms with Crippen LogP contribution in [0.4, 0.5) is 5.69 Å². The number of anilines is 1. The van der Waals surface area contributed by atoms with Crippen molar-refractivity contribution in [2.75, 3.05) is 24.2 Å². The summed E-state index contributed by atoms with van der Waals surface area (Å²) in [6, 6.07) is 7.87. The normalized spacial score (nSPS) is 18.0.